The molecular weight excluding hydrogens is 280 g/mol. The minimum atomic E-state index is -0.423. The van der Waals surface area contributed by atoms with E-state index in [9.17, 15) is 10.1 Å². The van der Waals surface area contributed by atoms with E-state index in [0.717, 1.165) is 0 Å². The number of para-hydroxylation sites is 1. The highest BCUT2D eigenvalue weighted by atomic mass is 35.5. The van der Waals surface area contributed by atoms with E-state index in [1.807, 2.05) is 32.6 Å². The molecule has 1 aromatic rings. The molecule has 1 fully saturated rings. The molecule has 6 heteroatoms. The quantitative estimate of drug-likeness (QED) is 0.618. The van der Waals surface area contributed by atoms with Crippen LogP contribution in [-0.4, -0.2) is 29.2 Å². The van der Waals surface area contributed by atoms with E-state index >= 15 is 0 Å². The van der Waals surface area contributed by atoms with Gasteiger partial charge in [-0.3, -0.25) is 10.1 Å². The van der Waals surface area contributed by atoms with Gasteiger partial charge in [0.15, 0.2) is 0 Å². The van der Waals surface area contributed by atoms with Crippen molar-refractivity contribution in [3.63, 3.8) is 0 Å². The van der Waals surface area contributed by atoms with Crippen molar-refractivity contribution in [1.29, 1.82) is 0 Å². The summed E-state index contributed by atoms with van der Waals surface area (Å²) in [5, 5.41) is 11.4. The Morgan fingerprint density at radius 2 is 1.80 bits per heavy atom. The first-order chi connectivity index (χ1) is 9.11. The lowest BCUT2D eigenvalue weighted by molar-refractivity contribution is -0.384. The number of anilines is 1. The number of ether oxygens (including phenoxy) is 1. The van der Waals surface area contributed by atoms with Crippen molar-refractivity contribution in [2.45, 2.75) is 38.9 Å². The Balaban J connectivity index is 2.46. The average Bonchev–Trinajstić information content (AvgIpc) is 2.23. The molecule has 0 aromatic heterocycles. The third-order valence-electron chi connectivity index (χ3n) is 3.18. The molecule has 0 radical (unpaired) electrons. The van der Waals surface area contributed by atoms with Gasteiger partial charge in [0, 0.05) is 13.1 Å². The van der Waals surface area contributed by atoms with E-state index in [4.69, 9.17) is 16.3 Å². The van der Waals surface area contributed by atoms with Gasteiger partial charge in [0.1, 0.15) is 10.7 Å². The van der Waals surface area contributed by atoms with Gasteiger partial charge in [0.2, 0.25) is 0 Å². The van der Waals surface area contributed by atoms with Crippen LogP contribution in [-0.2, 0) is 4.74 Å². The van der Waals surface area contributed by atoms with Crippen LogP contribution in [0.4, 0.5) is 11.4 Å². The summed E-state index contributed by atoms with van der Waals surface area (Å²) in [6.45, 7) is 9.10. The summed E-state index contributed by atoms with van der Waals surface area (Å²) in [6.07, 6.45) is 0. The third-order valence-corrected chi connectivity index (χ3v) is 3.49. The number of morpholine rings is 1. The van der Waals surface area contributed by atoms with Crippen LogP contribution in [0.3, 0.4) is 0 Å². The highest BCUT2D eigenvalue weighted by Gasteiger charge is 2.40. The SMILES string of the molecule is CC1(C)CN(c2cccc(Cl)c2[N+](=O)[O-])CC(C)(C)O1. The fourth-order valence-corrected chi connectivity index (χ4v) is 3.14. The molecule has 1 aliphatic rings. The van der Waals surface area contributed by atoms with Gasteiger partial charge in [-0.25, -0.2) is 0 Å². The van der Waals surface area contributed by atoms with Gasteiger partial charge < -0.3 is 9.64 Å². The maximum atomic E-state index is 11.3. The predicted octanol–water partition coefficient (Wildman–Crippen LogP) is 3.64. The zero-order chi connectivity index (χ0) is 15.1. The Morgan fingerprint density at radius 3 is 2.30 bits per heavy atom. The molecule has 0 atom stereocenters. The number of hydrogen-bond acceptors (Lipinski definition) is 4. The van der Waals surface area contributed by atoms with Crippen molar-refractivity contribution in [2.24, 2.45) is 0 Å². The number of nitrogens with zero attached hydrogens (tertiary/aromatic N) is 2. The first-order valence-corrected chi connectivity index (χ1v) is 6.87. The van der Waals surface area contributed by atoms with Crippen LogP contribution in [0.2, 0.25) is 5.02 Å². The molecule has 1 aromatic carbocycles. The molecule has 2 rings (SSSR count). The zero-order valence-electron chi connectivity index (χ0n) is 12.1. The summed E-state index contributed by atoms with van der Waals surface area (Å²) in [5.74, 6) is 0. The van der Waals surface area contributed by atoms with Crippen LogP contribution in [0.15, 0.2) is 18.2 Å². The predicted molar refractivity (Wildman–Crippen MR) is 79.6 cm³/mol. The molecule has 0 N–H and O–H groups in total. The first kappa shape index (κ1) is 15.1. The Labute approximate surface area is 123 Å². The van der Waals surface area contributed by atoms with Crippen molar-refractivity contribution in [2.75, 3.05) is 18.0 Å². The van der Waals surface area contributed by atoms with Crippen LogP contribution in [0.25, 0.3) is 0 Å². The molecule has 20 heavy (non-hydrogen) atoms. The lowest BCUT2D eigenvalue weighted by atomic mass is 9.98. The Morgan fingerprint density at radius 1 is 1.25 bits per heavy atom. The summed E-state index contributed by atoms with van der Waals surface area (Å²) in [6, 6.07) is 5.02. The number of rotatable bonds is 2. The van der Waals surface area contributed by atoms with E-state index in [1.165, 1.54) is 0 Å². The van der Waals surface area contributed by atoms with E-state index < -0.39 is 4.92 Å². The molecule has 1 aliphatic heterocycles. The number of halogens is 1. The Kier molecular flexibility index (Phi) is 3.69. The monoisotopic (exact) mass is 298 g/mol. The van der Waals surface area contributed by atoms with Crippen LogP contribution >= 0.6 is 11.6 Å². The number of hydrogen-bond donors (Lipinski definition) is 0. The topological polar surface area (TPSA) is 55.6 Å². The molecule has 0 unspecified atom stereocenters. The minimum absolute atomic E-state index is 0.0392. The maximum Gasteiger partial charge on any atom is 0.310 e. The van der Waals surface area contributed by atoms with Crippen LogP contribution in [0.1, 0.15) is 27.7 Å². The fraction of sp³-hybridized carbons (Fsp3) is 0.571. The highest BCUT2D eigenvalue weighted by Crippen LogP contribution is 2.39. The van der Waals surface area contributed by atoms with Gasteiger partial charge >= 0.3 is 5.69 Å². The zero-order valence-corrected chi connectivity index (χ0v) is 12.9. The Bertz CT molecular complexity index is 527. The van der Waals surface area contributed by atoms with Gasteiger partial charge in [-0.15, -0.1) is 0 Å². The second-order valence-corrected chi connectivity index (χ2v) is 6.75. The molecular formula is C14H19ClN2O3. The van der Waals surface area contributed by atoms with Gasteiger partial charge in [-0.2, -0.15) is 0 Å². The summed E-state index contributed by atoms with van der Waals surface area (Å²) in [4.78, 5) is 12.8. The van der Waals surface area contributed by atoms with Gasteiger partial charge in [-0.1, -0.05) is 17.7 Å². The number of benzene rings is 1. The standard InChI is InChI=1S/C14H19ClN2O3/c1-13(2)8-16(9-14(3,4)20-13)11-7-5-6-10(15)12(11)17(18)19/h5-7H,8-9H2,1-4H3. The normalized spacial score (nSPS) is 20.8. The first-order valence-electron chi connectivity index (χ1n) is 6.49. The largest absolute Gasteiger partial charge is 0.366 e. The molecule has 110 valence electrons. The van der Waals surface area contributed by atoms with Crippen molar-refractivity contribution in [3.8, 4) is 0 Å². The van der Waals surface area contributed by atoms with Crippen LogP contribution < -0.4 is 4.90 Å². The van der Waals surface area contributed by atoms with Crippen LogP contribution in [0, 0.1) is 10.1 Å². The van der Waals surface area contributed by atoms with Gasteiger partial charge in [0.25, 0.3) is 0 Å². The summed E-state index contributed by atoms with van der Waals surface area (Å²) >= 11 is 5.99. The molecule has 5 nitrogen and oxygen atoms in total. The van der Waals surface area contributed by atoms with E-state index in [1.54, 1.807) is 18.2 Å². The van der Waals surface area contributed by atoms with Crippen molar-refractivity contribution in [3.05, 3.63) is 33.3 Å². The molecule has 0 spiro atoms. The van der Waals surface area contributed by atoms with Gasteiger partial charge in [0.05, 0.1) is 16.1 Å². The maximum absolute atomic E-state index is 11.3. The smallest absolute Gasteiger partial charge is 0.310 e. The Hall–Kier alpha value is -1.33. The van der Waals surface area contributed by atoms with Crippen molar-refractivity contribution >= 4 is 23.0 Å². The molecule has 1 heterocycles. The highest BCUT2D eigenvalue weighted by molar-refractivity contribution is 6.33. The second kappa shape index (κ2) is 4.90. The van der Waals surface area contributed by atoms with Crippen LogP contribution in [0.5, 0.6) is 0 Å². The number of nitro benzene ring substituents is 1. The van der Waals surface area contributed by atoms with Crippen molar-refractivity contribution < 1.29 is 9.66 Å². The lowest BCUT2D eigenvalue weighted by Gasteiger charge is -2.47. The van der Waals surface area contributed by atoms with E-state index in [2.05, 4.69) is 0 Å². The summed E-state index contributed by atoms with van der Waals surface area (Å²) in [7, 11) is 0. The summed E-state index contributed by atoms with van der Waals surface area (Å²) < 4.78 is 6.00. The second-order valence-electron chi connectivity index (χ2n) is 6.34. The molecule has 0 aliphatic carbocycles. The lowest BCUT2D eigenvalue weighted by Crippen LogP contribution is -2.57. The minimum Gasteiger partial charge on any atom is -0.366 e. The molecule has 0 bridgehead atoms. The summed E-state index contributed by atoms with van der Waals surface area (Å²) in [5.41, 5.74) is -0.245. The third kappa shape index (κ3) is 3.04. The number of nitro groups is 1. The fourth-order valence-electron chi connectivity index (χ4n) is 2.90. The molecule has 0 amide bonds. The van der Waals surface area contributed by atoms with E-state index in [-0.39, 0.29) is 21.9 Å². The average molecular weight is 299 g/mol. The van der Waals surface area contributed by atoms with Gasteiger partial charge in [-0.05, 0) is 39.8 Å². The van der Waals surface area contributed by atoms with E-state index in [0.29, 0.717) is 18.8 Å². The molecule has 0 saturated carbocycles. The van der Waals surface area contributed by atoms with Crippen molar-refractivity contribution in [1.82, 2.24) is 0 Å². The molecule has 1 saturated heterocycles.